The Bertz CT molecular complexity index is 588. The fourth-order valence-corrected chi connectivity index (χ4v) is 4.45. The summed E-state index contributed by atoms with van der Waals surface area (Å²) in [6.45, 7) is 6.85. The first kappa shape index (κ1) is 13.9. The second kappa shape index (κ2) is 5.72. The molecular weight excluding hydrogens is 264 g/mol. The van der Waals surface area contributed by atoms with Crippen LogP contribution in [0.1, 0.15) is 45.1 Å². The van der Waals surface area contributed by atoms with Crippen LogP contribution in [0, 0.1) is 18.8 Å². The highest BCUT2D eigenvalue weighted by Gasteiger charge is 2.28. The van der Waals surface area contributed by atoms with E-state index in [-0.39, 0.29) is 0 Å². The SMILES string of the molecule is Cc1cccc2sc(NC3CCCCC3C(C)C)nc12. The molecule has 0 radical (unpaired) electrons. The second-order valence-electron chi connectivity index (χ2n) is 6.38. The van der Waals surface area contributed by atoms with Crippen molar-refractivity contribution in [3.63, 3.8) is 0 Å². The Morgan fingerprint density at radius 2 is 2.05 bits per heavy atom. The number of thiazole rings is 1. The molecule has 2 unspecified atom stereocenters. The standard InChI is InChI=1S/C17H24N2S/c1-11(2)13-8-4-5-9-14(13)18-17-19-16-12(3)7-6-10-15(16)20-17/h6-7,10-11,13-14H,4-5,8-9H2,1-3H3,(H,18,19). The van der Waals surface area contributed by atoms with Crippen molar-refractivity contribution in [2.24, 2.45) is 11.8 Å². The molecule has 0 amide bonds. The van der Waals surface area contributed by atoms with Gasteiger partial charge in [-0.25, -0.2) is 4.98 Å². The van der Waals surface area contributed by atoms with Gasteiger partial charge in [-0.2, -0.15) is 0 Å². The highest BCUT2D eigenvalue weighted by Crippen LogP contribution is 2.34. The van der Waals surface area contributed by atoms with Gasteiger partial charge in [-0.3, -0.25) is 0 Å². The molecule has 108 valence electrons. The molecule has 2 nitrogen and oxygen atoms in total. The fraction of sp³-hybridized carbons (Fsp3) is 0.588. The third-order valence-corrected chi connectivity index (χ3v) is 5.56. The smallest absolute Gasteiger partial charge is 0.184 e. The zero-order valence-corrected chi connectivity index (χ0v) is 13.5. The summed E-state index contributed by atoms with van der Waals surface area (Å²) >= 11 is 1.80. The van der Waals surface area contributed by atoms with Crippen molar-refractivity contribution in [1.82, 2.24) is 4.98 Å². The molecule has 1 heterocycles. The van der Waals surface area contributed by atoms with Crippen molar-refractivity contribution in [2.45, 2.75) is 52.5 Å². The molecule has 0 aliphatic heterocycles. The Kier molecular flexibility index (Phi) is 3.97. The minimum absolute atomic E-state index is 0.601. The van der Waals surface area contributed by atoms with E-state index >= 15 is 0 Å². The molecule has 1 aromatic carbocycles. The highest BCUT2D eigenvalue weighted by atomic mass is 32.1. The van der Waals surface area contributed by atoms with Crippen molar-refractivity contribution < 1.29 is 0 Å². The Hall–Kier alpha value is -1.09. The molecule has 3 heteroatoms. The largest absolute Gasteiger partial charge is 0.358 e. The summed E-state index contributed by atoms with van der Waals surface area (Å²) in [5, 5.41) is 4.84. The van der Waals surface area contributed by atoms with Gasteiger partial charge in [0.1, 0.15) is 0 Å². The van der Waals surface area contributed by atoms with E-state index in [0.717, 1.165) is 22.5 Å². The number of anilines is 1. The summed E-state index contributed by atoms with van der Waals surface area (Å²) in [6.07, 6.45) is 5.39. The number of nitrogens with one attached hydrogen (secondary N) is 1. The predicted octanol–water partition coefficient (Wildman–Crippen LogP) is 5.23. The van der Waals surface area contributed by atoms with Crippen molar-refractivity contribution in [2.75, 3.05) is 5.32 Å². The van der Waals surface area contributed by atoms with E-state index in [1.165, 1.54) is 35.9 Å². The van der Waals surface area contributed by atoms with Crippen LogP contribution in [0.5, 0.6) is 0 Å². The van der Waals surface area contributed by atoms with Gasteiger partial charge in [0.15, 0.2) is 5.13 Å². The molecule has 1 aliphatic rings. The van der Waals surface area contributed by atoms with E-state index < -0.39 is 0 Å². The minimum atomic E-state index is 0.601. The van der Waals surface area contributed by atoms with Gasteiger partial charge in [0.25, 0.3) is 0 Å². The Labute approximate surface area is 125 Å². The molecule has 1 aliphatic carbocycles. The number of nitrogens with zero attached hydrogens (tertiary/aromatic N) is 1. The Morgan fingerprint density at radius 3 is 2.80 bits per heavy atom. The lowest BCUT2D eigenvalue weighted by Crippen LogP contribution is -2.35. The molecule has 2 atom stereocenters. The summed E-state index contributed by atoms with van der Waals surface area (Å²) in [5.74, 6) is 1.54. The molecule has 0 spiro atoms. The zero-order chi connectivity index (χ0) is 14.1. The summed E-state index contributed by atoms with van der Waals surface area (Å²) in [6, 6.07) is 7.04. The van der Waals surface area contributed by atoms with Crippen LogP contribution in [0.4, 0.5) is 5.13 Å². The molecule has 0 saturated heterocycles. The van der Waals surface area contributed by atoms with Crippen molar-refractivity contribution in [1.29, 1.82) is 0 Å². The van der Waals surface area contributed by atoms with Gasteiger partial charge in [0, 0.05) is 6.04 Å². The van der Waals surface area contributed by atoms with Crippen LogP contribution < -0.4 is 5.32 Å². The Balaban J connectivity index is 1.82. The van der Waals surface area contributed by atoms with Crippen LogP contribution in [-0.4, -0.2) is 11.0 Å². The van der Waals surface area contributed by atoms with Gasteiger partial charge < -0.3 is 5.32 Å². The van der Waals surface area contributed by atoms with E-state index in [1.54, 1.807) is 11.3 Å². The quantitative estimate of drug-likeness (QED) is 0.836. The first-order chi connectivity index (χ1) is 9.65. The summed E-state index contributed by atoms with van der Waals surface area (Å²) in [4.78, 5) is 4.81. The molecule has 1 N–H and O–H groups in total. The fourth-order valence-electron chi connectivity index (χ4n) is 3.44. The van der Waals surface area contributed by atoms with Gasteiger partial charge in [-0.15, -0.1) is 0 Å². The number of aryl methyl sites for hydroxylation is 1. The lowest BCUT2D eigenvalue weighted by molar-refractivity contribution is 0.254. The van der Waals surface area contributed by atoms with Gasteiger partial charge in [0.05, 0.1) is 10.2 Å². The molecule has 3 rings (SSSR count). The number of hydrogen-bond donors (Lipinski definition) is 1. The van der Waals surface area contributed by atoms with Crippen molar-refractivity contribution >= 4 is 26.7 Å². The van der Waals surface area contributed by atoms with E-state index in [2.05, 4.69) is 44.3 Å². The van der Waals surface area contributed by atoms with E-state index in [1.807, 2.05) is 0 Å². The van der Waals surface area contributed by atoms with Gasteiger partial charge >= 0.3 is 0 Å². The number of fused-ring (bicyclic) bond motifs is 1. The molecule has 1 aromatic heterocycles. The maximum Gasteiger partial charge on any atom is 0.184 e. The third-order valence-electron chi connectivity index (χ3n) is 4.61. The average Bonchev–Trinajstić information content (AvgIpc) is 2.83. The van der Waals surface area contributed by atoms with Crippen LogP contribution in [0.2, 0.25) is 0 Å². The lowest BCUT2D eigenvalue weighted by atomic mass is 9.78. The van der Waals surface area contributed by atoms with Crippen LogP contribution in [0.15, 0.2) is 18.2 Å². The number of rotatable bonds is 3. The molecule has 20 heavy (non-hydrogen) atoms. The zero-order valence-electron chi connectivity index (χ0n) is 12.6. The van der Waals surface area contributed by atoms with E-state index in [9.17, 15) is 0 Å². The number of aromatic nitrogens is 1. The summed E-state index contributed by atoms with van der Waals surface area (Å²) < 4.78 is 1.30. The molecule has 2 aromatic rings. The van der Waals surface area contributed by atoms with Gasteiger partial charge in [-0.1, -0.05) is 50.2 Å². The molecular formula is C17H24N2S. The molecule has 1 saturated carbocycles. The van der Waals surface area contributed by atoms with Crippen LogP contribution in [-0.2, 0) is 0 Å². The van der Waals surface area contributed by atoms with Crippen LogP contribution >= 0.6 is 11.3 Å². The molecule has 0 bridgehead atoms. The average molecular weight is 288 g/mol. The first-order valence-electron chi connectivity index (χ1n) is 7.78. The number of benzene rings is 1. The first-order valence-corrected chi connectivity index (χ1v) is 8.59. The summed E-state index contributed by atoms with van der Waals surface area (Å²) in [7, 11) is 0. The van der Waals surface area contributed by atoms with E-state index in [0.29, 0.717) is 6.04 Å². The van der Waals surface area contributed by atoms with Crippen LogP contribution in [0.3, 0.4) is 0 Å². The number of para-hydroxylation sites is 1. The third kappa shape index (κ3) is 2.69. The Morgan fingerprint density at radius 1 is 1.25 bits per heavy atom. The topological polar surface area (TPSA) is 24.9 Å². The van der Waals surface area contributed by atoms with Crippen molar-refractivity contribution in [3.05, 3.63) is 23.8 Å². The highest BCUT2D eigenvalue weighted by molar-refractivity contribution is 7.22. The minimum Gasteiger partial charge on any atom is -0.358 e. The summed E-state index contributed by atoms with van der Waals surface area (Å²) in [5.41, 5.74) is 2.44. The maximum absolute atomic E-state index is 4.81. The normalized spacial score (nSPS) is 23.4. The van der Waals surface area contributed by atoms with Gasteiger partial charge in [0.2, 0.25) is 0 Å². The monoisotopic (exact) mass is 288 g/mol. The van der Waals surface area contributed by atoms with Gasteiger partial charge in [-0.05, 0) is 43.2 Å². The number of hydrogen-bond acceptors (Lipinski definition) is 3. The van der Waals surface area contributed by atoms with Crippen LogP contribution in [0.25, 0.3) is 10.2 Å². The maximum atomic E-state index is 4.81. The lowest BCUT2D eigenvalue weighted by Gasteiger charge is -2.34. The van der Waals surface area contributed by atoms with Crippen molar-refractivity contribution in [3.8, 4) is 0 Å². The molecule has 1 fully saturated rings. The van der Waals surface area contributed by atoms with E-state index in [4.69, 9.17) is 4.98 Å². The second-order valence-corrected chi connectivity index (χ2v) is 7.41. The predicted molar refractivity (Wildman–Crippen MR) is 88.6 cm³/mol.